The maximum Gasteiger partial charge on any atom is 0.165 e. The van der Waals surface area contributed by atoms with Crippen LogP contribution in [0.15, 0.2) is 79.4 Å². The molecule has 156 valence electrons. The molecule has 0 heterocycles. The molecule has 3 aromatic carbocycles. The van der Waals surface area contributed by atoms with E-state index in [9.17, 15) is 9.65 Å². The molecule has 3 aromatic rings. The number of nitrogens with zero attached hydrogens (tertiary/aromatic N) is 1. The van der Waals surface area contributed by atoms with Gasteiger partial charge in [-0.2, -0.15) is 5.26 Å². The predicted molar refractivity (Wildman–Crippen MR) is 122 cm³/mol. The number of hydrogen-bond donors (Lipinski definition) is 0. The van der Waals surface area contributed by atoms with Gasteiger partial charge in [0, 0.05) is 5.56 Å². The van der Waals surface area contributed by atoms with E-state index < -0.39 is 0 Å². The van der Waals surface area contributed by atoms with Gasteiger partial charge in [0.25, 0.3) is 0 Å². The molecule has 0 aliphatic rings. The van der Waals surface area contributed by atoms with E-state index >= 15 is 0 Å². The van der Waals surface area contributed by atoms with Crippen LogP contribution in [0.2, 0.25) is 0 Å². The maximum absolute atomic E-state index is 13.6. The third-order valence-electron chi connectivity index (χ3n) is 4.61. The Morgan fingerprint density at radius 1 is 1.06 bits per heavy atom. The van der Waals surface area contributed by atoms with Gasteiger partial charge in [-0.3, -0.25) is 0 Å². The van der Waals surface area contributed by atoms with E-state index in [1.165, 1.54) is 12.1 Å². The summed E-state index contributed by atoms with van der Waals surface area (Å²) in [6.45, 7) is 6.64. The smallest absolute Gasteiger partial charge is 0.165 e. The zero-order valence-corrected chi connectivity index (χ0v) is 17.5. The van der Waals surface area contributed by atoms with Crippen molar-refractivity contribution in [2.45, 2.75) is 20.0 Å². The van der Waals surface area contributed by atoms with E-state index in [1.54, 1.807) is 24.3 Å². The molecule has 0 amide bonds. The minimum absolute atomic E-state index is 0.365. The molecule has 31 heavy (non-hydrogen) atoms. The molecule has 0 unspecified atom stereocenters. The van der Waals surface area contributed by atoms with Crippen LogP contribution in [0.5, 0.6) is 11.5 Å². The molecule has 3 nitrogen and oxygen atoms in total. The Balaban J connectivity index is 2.01. The fourth-order valence-corrected chi connectivity index (χ4v) is 3.23. The number of ether oxygens (including phenoxy) is 2. The summed E-state index contributed by atoms with van der Waals surface area (Å²) < 4.78 is 25.6. The second-order valence-corrected chi connectivity index (χ2v) is 6.89. The SMILES string of the molecule is C=CCc1cc(/C=C(/C#N)c2cccc(F)c2)cc(OCC)c1OCc1ccccc1. The number of rotatable bonds is 9. The van der Waals surface area contributed by atoms with Crippen molar-refractivity contribution >= 4 is 11.6 Å². The summed E-state index contributed by atoms with van der Waals surface area (Å²) in [4.78, 5) is 0. The minimum Gasteiger partial charge on any atom is -0.490 e. The van der Waals surface area contributed by atoms with E-state index in [2.05, 4.69) is 12.6 Å². The van der Waals surface area contributed by atoms with Gasteiger partial charge in [-0.25, -0.2) is 4.39 Å². The van der Waals surface area contributed by atoms with E-state index in [0.717, 1.165) is 16.7 Å². The van der Waals surface area contributed by atoms with Crippen LogP contribution in [-0.2, 0) is 13.0 Å². The Morgan fingerprint density at radius 2 is 1.87 bits per heavy atom. The molecule has 3 rings (SSSR count). The van der Waals surface area contributed by atoms with Crippen molar-refractivity contribution in [3.05, 3.63) is 107 Å². The first-order chi connectivity index (χ1) is 15.1. The molecule has 0 saturated carbocycles. The van der Waals surface area contributed by atoms with Gasteiger partial charge in [0.1, 0.15) is 12.4 Å². The summed E-state index contributed by atoms with van der Waals surface area (Å²) in [6.07, 6.45) is 4.10. The van der Waals surface area contributed by atoms with Crippen LogP contribution in [0.4, 0.5) is 4.39 Å². The summed E-state index contributed by atoms with van der Waals surface area (Å²) in [7, 11) is 0. The molecule has 0 radical (unpaired) electrons. The zero-order valence-electron chi connectivity index (χ0n) is 17.5. The molecule has 0 N–H and O–H groups in total. The molecule has 0 fully saturated rings. The Kier molecular flexibility index (Phi) is 7.61. The van der Waals surface area contributed by atoms with Gasteiger partial charge in [-0.05, 0) is 60.4 Å². The first-order valence-corrected chi connectivity index (χ1v) is 10.1. The Labute approximate surface area is 182 Å². The van der Waals surface area contributed by atoms with Gasteiger partial charge < -0.3 is 9.47 Å². The van der Waals surface area contributed by atoms with E-state index in [-0.39, 0.29) is 5.82 Å². The highest BCUT2D eigenvalue weighted by molar-refractivity contribution is 5.90. The number of nitriles is 1. The van der Waals surface area contributed by atoms with Gasteiger partial charge in [-0.1, -0.05) is 48.5 Å². The monoisotopic (exact) mass is 413 g/mol. The minimum atomic E-state index is -0.384. The summed E-state index contributed by atoms with van der Waals surface area (Å²) in [5, 5.41) is 9.63. The van der Waals surface area contributed by atoms with Crippen molar-refractivity contribution in [3.63, 3.8) is 0 Å². The van der Waals surface area contributed by atoms with Crippen LogP contribution in [0, 0.1) is 17.1 Å². The van der Waals surface area contributed by atoms with Gasteiger partial charge in [0.15, 0.2) is 11.5 Å². The van der Waals surface area contributed by atoms with E-state index in [4.69, 9.17) is 9.47 Å². The predicted octanol–water partition coefficient (Wildman–Crippen LogP) is 6.60. The van der Waals surface area contributed by atoms with Crippen molar-refractivity contribution in [2.75, 3.05) is 6.61 Å². The highest BCUT2D eigenvalue weighted by atomic mass is 19.1. The van der Waals surface area contributed by atoms with Gasteiger partial charge >= 0.3 is 0 Å². The first-order valence-electron chi connectivity index (χ1n) is 10.1. The third kappa shape index (κ3) is 5.83. The molecular weight excluding hydrogens is 389 g/mol. The second-order valence-electron chi connectivity index (χ2n) is 6.89. The van der Waals surface area contributed by atoms with Gasteiger partial charge in [0.2, 0.25) is 0 Å². The summed E-state index contributed by atoms with van der Waals surface area (Å²) in [5.74, 6) is 0.873. The lowest BCUT2D eigenvalue weighted by molar-refractivity contribution is 0.267. The molecule has 0 aliphatic heterocycles. The first kappa shape index (κ1) is 21.9. The highest BCUT2D eigenvalue weighted by Crippen LogP contribution is 2.36. The number of halogens is 1. The van der Waals surface area contributed by atoms with Crippen LogP contribution in [0.25, 0.3) is 11.6 Å². The summed E-state index contributed by atoms with van der Waals surface area (Å²) in [6, 6.07) is 21.9. The average molecular weight is 413 g/mol. The van der Waals surface area contributed by atoms with Crippen LogP contribution < -0.4 is 9.47 Å². The molecule has 0 bridgehead atoms. The standard InChI is InChI=1S/C27H24FNO2/c1-3-9-23-14-21(15-24(18-29)22-12-8-13-25(28)17-22)16-26(30-4-2)27(23)31-19-20-10-6-5-7-11-20/h3,5-8,10-17H,1,4,9,19H2,2H3/b24-15-. The molecular formula is C27H24FNO2. The lowest BCUT2D eigenvalue weighted by Gasteiger charge is -2.17. The molecule has 0 atom stereocenters. The van der Waals surface area contributed by atoms with Crippen LogP contribution >= 0.6 is 0 Å². The maximum atomic E-state index is 13.6. The highest BCUT2D eigenvalue weighted by Gasteiger charge is 2.14. The van der Waals surface area contributed by atoms with Crippen molar-refractivity contribution in [1.29, 1.82) is 5.26 Å². The Morgan fingerprint density at radius 3 is 2.55 bits per heavy atom. The lowest BCUT2D eigenvalue weighted by Crippen LogP contribution is -2.03. The van der Waals surface area contributed by atoms with Crippen molar-refractivity contribution in [1.82, 2.24) is 0 Å². The topological polar surface area (TPSA) is 42.2 Å². The van der Waals surface area contributed by atoms with Crippen LogP contribution in [-0.4, -0.2) is 6.61 Å². The van der Waals surface area contributed by atoms with Crippen molar-refractivity contribution < 1.29 is 13.9 Å². The lowest BCUT2D eigenvalue weighted by atomic mass is 10.0. The molecule has 0 saturated heterocycles. The van der Waals surface area contributed by atoms with E-state index in [1.807, 2.05) is 49.4 Å². The van der Waals surface area contributed by atoms with Crippen LogP contribution in [0.3, 0.4) is 0 Å². The van der Waals surface area contributed by atoms with Gasteiger partial charge in [-0.15, -0.1) is 6.58 Å². The van der Waals surface area contributed by atoms with Gasteiger partial charge in [0.05, 0.1) is 18.2 Å². The largest absolute Gasteiger partial charge is 0.490 e. The normalized spacial score (nSPS) is 10.9. The Bertz CT molecular complexity index is 1110. The quantitative estimate of drug-likeness (QED) is 0.226. The molecule has 0 aliphatic carbocycles. The fourth-order valence-electron chi connectivity index (χ4n) is 3.23. The summed E-state index contributed by atoms with van der Waals surface area (Å²) >= 11 is 0. The van der Waals surface area contributed by atoms with Crippen LogP contribution in [0.1, 0.15) is 29.2 Å². The number of hydrogen-bond acceptors (Lipinski definition) is 3. The summed E-state index contributed by atoms with van der Waals surface area (Å²) in [5.41, 5.74) is 3.61. The Hall–Kier alpha value is -3.84. The molecule has 0 spiro atoms. The number of benzene rings is 3. The van der Waals surface area contributed by atoms with Crippen molar-refractivity contribution in [2.24, 2.45) is 0 Å². The second kappa shape index (κ2) is 10.8. The fraction of sp³-hybridized carbons (Fsp3) is 0.148. The average Bonchev–Trinajstić information content (AvgIpc) is 2.78. The zero-order chi connectivity index (χ0) is 22.1. The molecule has 0 aromatic heterocycles. The third-order valence-corrected chi connectivity index (χ3v) is 4.61. The molecule has 4 heteroatoms. The number of allylic oxidation sites excluding steroid dienone is 2. The van der Waals surface area contributed by atoms with E-state index in [0.29, 0.717) is 42.3 Å². The van der Waals surface area contributed by atoms with Crippen molar-refractivity contribution in [3.8, 4) is 17.6 Å².